The van der Waals surface area contributed by atoms with Crippen LogP contribution in [0.5, 0.6) is 5.75 Å². The average molecular weight is 484 g/mol. The number of amides is 1. The summed E-state index contributed by atoms with van der Waals surface area (Å²) in [5.41, 5.74) is 0.831. The van der Waals surface area contributed by atoms with E-state index in [1.54, 1.807) is 18.3 Å². The fraction of sp³-hybridized carbons (Fsp3) is 0.462. The third-order valence-corrected chi connectivity index (χ3v) is 8.19. The monoisotopic (exact) mass is 483 g/mol. The first kappa shape index (κ1) is 24.4. The van der Waals surface area contributed by atoms with Crippen LogP contribution in [0.25, 0.3) is 6.08 Å². The van der Waals surface area contributed by atoms with Crippen molar-refractivity contribution in [3.8, 4) is 5.75 Å². The van der Waals surface area contributed by atoms with Crippen LogP contribution in [0, 0.1) is 11.8 Å². The van der Waals surface area contributed by atoms with E-state index < -0.39 is 10.0 Å². The fourth-order valence-corrected chi connectivity index (χ4v) is 5.79. The molecule has 2 aromatic rings. The number of hydrogen-bond donors (Lipinski definition) is 1. The lowest BCUT2D eigenvalue weighted by atomic mass is 9.90. The Kier molecular flexibility index (Phi) is 8.34. The number of piperidine rings is 1. The summed E-state index contributed by atoms with van der Waals surface area (Å²) < 4.78 is 32.8. The van der Waals surface area contributed by atoms with Gasteiger partial charge in [0.2, 0.25) is 15.9 Å². The van der Waals surface area contributed by atoms with Crippen LogP contribution in [0.4, 0.5) is 5.82 Å². The molecule has 7 nitrogen and oxygen atoms in total. The van der Waals surface area contributed by atoms with E-state index in [1.807, 2.05) is 36.4 Å². The minimum atomic E-state index is -3.53. The minimum absolute atomic E-state index is 0.141. The van der Waals surface area contributed by atoms with Crippen LogP contribution in [-0.2, 0) is 14.8 Å². The number of sulfonamides is 1. The van der Waals surface area contributed by atoms with Crippen molar-refractivity contribution in [3.63, 3.8) is 0 Å². The highest BCUT2D eigenvalue weighted by molar-refractivity contribution is 7.92. The van der Waals surface area contributed by atoms with E-state index in [9.17, 15) is 13.2 Å². The number of benzene rings is 1. The van der Waals surface area contributed by atoms with Crippen LogP contribution in [0.15, 0.2) is 54.1 Å². The van der Waals surface area contributed by atoms with Crippen molar-refractivity contribution in [2.75, 3.05) is 25.0 Å². The van der Waals surface area contributed by atoms with Gasteiger partial charge in [-0.2, -0.15) is 4.31 Å². The molecular weight excluding hydrogens is 450 g/mol. The predicted molar refractivity (Wildman–Crippen MR) is 134 cm³/mol. The van der Waals surface area contributed by atoms with Gasteiger partial charge in [0.1, 0.15) is 0 Å². The number of nitrogens with one attached hydrogen (secondary N) is 1. The molecule has 0 radical (unpaired) electrons. The summed E-state index contributed by atoms with van der Waals surface area (Å²) in [5, 5.41) is 4.15. The van der Waals surface area contributed by atoms with Crippen LogP contribution in [0.2, 0.25) is 0 Å². The van der Waals surface area contributed by atoms with Gasteiger partial charge in [0.05, 0.1) is 6.61 Å². The van der Waals surface area contributed by atoms with Gasteiger partial charge in [-0.15, -0.1) is 0 Å². The van der Waals surface area contributed by atoms with Crippen molar-refractivity contribution >= 4 is 27.8 Å². The highest BCUT2D eigenvalue weighted by atomic mass is 32.2. The molecule has 1 N–H and O–H groups in total. The summed E-state index contributed by atoms with van der Waals surface area (Å²) >= 11 is 0. The summed E-state index contributed by atoms with van der Waals surface area (Å²) in [6, 6.07) is 13.0. The number of carbonyl (C=O) groups is 1. The molecule has 0 bridgehead atoms. The third kappa shape index (κ3) is 6.67. The van der Waals surface area contributed by atoms with E-state index >= 15 is 0 Å². The summed E-state index contributed by atoms with van der Waals surface area (Å²) in [6.07, 6.45) is 10.3. The summed E-state index contributed by atoms with van der Waals surface area (Å²) in [7, 11) is -3.53. The maximum atomic E-state index is 12.9. The Balaban J connectivity index is 1.29. The Morgan fingerprint density at radius 1 is 1.03 bits per heavy atom. The van der Waals surface area contributed by atoms with Gasteiger partial charge < -0.3 is 10.1 Å². The van der Waals surface area contributed by atoms with Crippen molar-refractivity contribution < 1.29 is 17.9 Å². The van der Waals surface area contributed by atoms with Gasteiger partial charge in [-0.05, 0) is 55.4 Å². The molecule has 8 heteroatoms. The lowest BCUT2D eigenvalue weighted by Gasteiger charge is -2.29. The van der Waals surface area contributed by atoms with Gasteiger partial charge in [0.25, 0.3) is 0 Å². The molecule has 0 unspecified atom stereocenters. The topological polar surface area (TPSA) is 88.6 Å². The number of ether oxygens (including phenoxy) is 1. The van der Waals surface area contributed by atoms with Crippen molar-refractivity contribution in [1.29, 1.82) is 0 Å². The van der Waals surface area contributed by atoms with Gasteiger partial charge >= 0.3 is 0 Å². The van der Waals surface area contributed by atoms with Crippen LogP contribution in [-0.4, -0.2) is 43.3 Å². The lowest BCUT2D eigenvalue weighted by molar-refractivity contribution is -0.120. The maximum absolute atomic E-state index is 12.9. The largest absolute Gasteiger partial charge is 0.489 e. The summed E-state index contributed by atoms with van der Waals surface area (Å²) in [4.78, 5) is 17.2. The van der Waals surface area contributed by atoms with Gasteiger partial charge in [-0.1, -0.05) is 49.6 Å². The van der Waals surface area contributed by atoms with Crippen LogP contribution >= 0.6 is 0 Å². The number of hydrogen-bond acceptors (Lipinski definition) is 5. The third-order valence-electron chi connectivity index (χ3n) is 6.63. The smallest absolute Gasteiger partial charge is 0.236 e. The number of pyridine rings is 1. The molecule has 1 amide bonds. The maximum Gasteiger partial charge on any atom is 0.236 e. The predicted octanol–water partition coefficient (Wildman–Crippen LogP) is 4.69. The van der Waals surface area contributed by atoms with E-state index in [0.717, 1.165) is 5.56 Å². The van der Waals surface area contributed by atoms with Crippen molar-refractivity contribution in [2.24, 2.45) is 11.8 Å². The second-order valence-electron chi connectivity index (χ2n) is 9.09. The van der Waals surface area contributed by atoms with E-state index in [4.69, 9.17) is 4.74 Å². The molecule has 1 aliphatic heterocycles. The van der Waals surface area contributed by atoms with Gasteiger partial charge in [0.15, 0.2) is 11.6 Å². The Bertz CT molecular complexity index is 1070. The molecule has 1 saturated carbocycles. The van der Waals surface area contributed by atoms with Crippen molar-refractivity contribution in [2.45, 2.75) is 44.9 Å². The first-order valence-electron chi connectivity index (χ1n) is 12.1. The molecule has 1 aromatic heterocycles. The van der Waals surface area contributed by atoms with Gasteiger partial charge in [-0.3, -0.25) is 4.79 Å². The zero-order valence-electron chi connectivity index (χ0n) is 19.4. The molecule has 2 aliphatic rings. The Morgan fingerprint density at radius 3 is 2.50 bits per heavy atom. The summed E-state index contributed by atoms with van der Waals surface area (Å²) in [6.45, 7) is 1.26. The molecular formula is C26H33N3O4S. The molecule has 2 fully saturated rings. The lowest BCUT2D eigenvalue weighted by Crippen LogP contribution is -2.40. The second kappa shape index (κ2) is 11.6. The zero-order chi connectivity index (χ0) is 23.8. The van der Waals surface area contributed by atoms with E-state index in [0.29, 0.717) is 50.0 Å². The van der Waals surface area contributed by atoms with Crippen LogP contribution in [0.3, 0.4) is 0 Å². The van der Waals surface area contributed by atoms with E-state index in [-0.39, 0.29) is 11.8 Å². The van der Waals surface area contributed by atoms with E-state index in [1.165, 1.54) is 41.8 Å². The molecule has 1 aromatic carbocycles. The number of aromatic nitrogens is 1. The molecule has 0 spiro atoms. The van der Waals surface area contributed by atoms with Crippen molar-refractivity contribution in [1.82, 2.24) is 9.29 Å². The van der Waals surface area contributed by atoms with Crippen molar-refractivity contribution in [3.05, 3.63) is 59.6 Å². The quantitative estimate of drug-likeness (QED) is 0.588. The molecule has 34 heavy (non-hydrogen) atoms. The molecule has 182 valence electrons. The second-order valence-corrected chi connectivity index (χ2v) is 10.9. The zero-order valence-corrected chi connectivity index (χ0v) is 20.3. The molecule has 1 saturated heterocycles. The normalized spacial score (nSPS) is 18.7. The molecule has 2 heterocycles. The van der Waals surface area contributed by atoms with Gasteiger partial charge in [-0.25, -0.2) is 13.4 Å². The number of rotatable bonds is 8. The Labute approximate surface area is 202 Å². The standard InChI is InChI=1S/C26H33N3O4S/c30-26(28-25-24(12-7-16-27-25)33-20-22-10-5-2-6-11-22)23-13-17-29(18-14-23)34(31,32)19-15-21-8-3-1-4-9-21/h1,3-4,7-9,12,15-16,19,22-23H,2,5-6,10-11,13-14,17-18,20H2,(H,27,28,30)/b19-15+. The average Bonchev–Trinajstić information content (AvgIpc) is 2.88. The van der Waals surface area contributed by atoms with Gasteiger partial charge in [0, 0.05) is 30.6 Å². The summed E-state index contributed by atoms with van der Waals surface area (Å²) in [5.74, 6) is 1.17. The number of carbonyl (C=O) groups excluding carboxylic acids is 1. The fourth-order valence-electron chi connectivity index (χ4n) is 4.57. The first-order chi connectivity index (χ1) is 16.5. The van der Waals surface area contributed by atoms with Crippen LogP contribution < -0.4 is 10.1 Å². The minimum Gasteiger partial charge on any atom is -0.489 e. The SMILES string of the molecule is O=C(Nc1ncccc1OCC1CCCCC1)C1CCN(S(=O)(=O)/C=C/c2ccccc2)CC1. The number of anilines is 1. The molecule has 4 rings (SSSR count). The highest BCUT2D eigenvalue weighted by Crippen LogP contribution is 2.28. The van der Waals surface area contributed by atoms with E-state index in [2.05, 4.69) is 10.3 Å². The van der Waals surface area contributed by atoms with Crippen LogP contribution in [0.1, 0.15) is 50.5 Å². The highest BCUT2D eigenvalue weighted by Gasteiger charge is 2.30. The number of nitrogens with zero attached hydrogens (tertiary/aromatic N) is 2. The first-order valence-corrected chi connectivity index (χ1v) is 13.6. The Hall–Kier alpha value is -2.71. The molecule has 0 atom stereocenters. The Morgan fingerprint density at radius 2 is 1.76 bits per heavy atom. The molecule has 1 aliphatic carbocycles.